The fraction of sp³-hybridized carbons (Fsp3) is 0.368. The Balaban J connectivity index is 2.33. The van der Waals surface area contributed by atoms with Crippen LogP contribution in [0.1, 0.15) is 39.4 Å². The molecule has 2 heteroatoms. The number of hydrogen-bond donors (Lipinski definition) is 1. The quantitative estimate of drug-likeness (QED) is 0.804. The number of halogens is 1. The Hall–Kier alpha value is -1.12. The SMILES string of the molecule is CNC(Cc1c(C)cc(C)cc1C)c1ccc(C)c(Br)c1. The summed E-state index contributed by atoms with van der Waals surface area (Å²) in [6.07, 6.45) is 1.02. The first kappa shape index (κ1) is 16.3. The normalized spacial score (nSPS) is 12.5. The van der Waals surface area contributed by atoms with Crippen LogP contribution in [-0.4, -0.2) is 7.05 Å². The van der Waals surface area contributed by atoms with Crippen LogP contribution in [0.2, 0.25) is 0 Å². The molecule has 0 saturated heterocycles. The molecule has 1 atom stereocenters. The van der Waals surface area contributed by atoms with Crippen LogP contribution in [0.4, 0.5) is 0 Å². The van der Waals surface area contributed by atoms with Crippen LogP contribution in [0.25, 0.3) is 0 Å². The van der Waals surface area contributed by atoms with Crippen LogP contribution in [0.5, 0.6) is 0 Å². The summed E-state index contributed by atoms with van der Waals surface area (Å²) in [5, 5.41) is 3.46. The molecule has 0 aromatic heterocycles. The van der Waals surface area contributed by atoms with Crippen molar-refractivity contribution in [2.75, 3.05) is 7.05 Å². The maximum absolute atomic E-state index is 3.64. The summed E-state index contributed by atoms with van der Waals surface area (Å²) in [6, 6.07) is 11.5. The largest absolute Gasteiger partial charge is 0.313 e. The lowest BCUT2D eigenvalue weighted by Gasteiger charge is -2.20. The lowest BCUT2D eigenvalue weighted by molar-refractivity contribution is 0.588. The summed E-state index contributed by atoms with van der Waals surface area (Å²) in [7, 11) is 2.04. The summed E-state index contributed by atoms with van der Waals surface area (Å²) in [4.78, 5) is 0. The first-order valence-electron chi connectivity index (χ1n) is 7.42. The summed E-state index contributed by atoms with van der Waals surface area (Å²) < 4.78 is 1.18. The van der Waals surface area contributed by atoms with E-state index >= 15 is 0 Å². The highest BCUT2D eigenvalue weighted by atomic mass is 79.9. The van der Waals surface area contributed by atoms with E-state index in [9.17, 15) is 0 Å². The molecule has 0 amide bonds. The van der Waals surface area contributed by atoms with E-state index in [0.717, 1.165) is 6.42 Å². The Morgan fingerprint density at radius 1 is 0.952 bits per heavy atom. The second-order valence-electron chi connectivity index (χ2n) is 5.93. The van der Waals surface area contributed by atoms with Gasteiger partial charge >= 0.3 is 0 Å². The van der Waals surface area contributed by atoms with E-state index in [0.29, 0.717) is 6.04 Å². The maximum Gasteiger partial charge on any atom is 0.0358 e. The van der Waals surface area contributed by atoms with Crippen molar-refractivity contribution in [2.45, 2.75) is 40.2 Å². The molecule has 1 N–H and O–H groups in total. The molecule has 112 valence electrons. The van der Waals surface area contributed by atoms with E-state index in [4.69, 9.17) is 0 Å². The summed E-state index contributed by atoms with van der Waals surface area (Å²) in [6.45, 7) is 8.72. The van der Waals surface area contributed by atoms with Crippen molar-refractivity contribution < 1.29 is 0 Å². The van der Waals surface area contributed by atoms with Gasteiger partial charge in [0.25, 0.3) is 0 Å². The molecule has 0 aliphatic rings. The molecule has 1 nitrogen and oxygen atoms in total. The monoisotopic (exact) mass is 345 g/mol. The standard InChI is InChI=1S/C19H24BrN/c1-12-8-14(3)17(15(4)9-12)11-19(21-5)16-7-6-13(2)18(20)10-16/h6-10,19,21H,11H2,1-5H3. The highest BCUT2D eigenvalue weighted by Gasteiger charge is 2.14. The van der Waals surface area contributed by atoms with Crippen molar-refractivity contribution in [1.82, 2.24) is 5.32 Å². The van der Waals surface area contributed by atoms with Gasteiger partial charge < -0.3 is 5.32 Å². The summed E-state index contributed by atoms with van der Waals surface area (Å²) in [5.41, 5.74) is 8.17. The molecule has 0 fully saturated rings. The topological polar surface area (TPSA) is 12.0 Å². The zero-order valence-electron chi connectivity index (χ0n) is 13.5. The third-order valence-electron chi connectivity index (χ3n) is 4.20. The van der Waals surface area contributed by atoms with Gasteiger partial charge in [-0.3, -0.25) is 0 Å². The van der Waals surface area contributed by atoms with E-state index in [2.05, 4.69) is 79.3 Å². The predicted octanol–water partition coefficient (Wildman–Crippen LogP) is 5.19. The molecule has 21 heavy (non-hydrogen) atoms. The Morgan fingerprint density at radius 2 is 1.57 bits per heavy atom. The smallest absolute Gasteiger partial charge is 0.0358 e. The zero-order chi connectivity index (χ0) is 15.6. The Bertz CT molecular complexity index is 623. The van der Waals surface area contributed by atoms with E-state index in [1.807, 2.05) is 7.05 Å². The molecule has 0 bridgehead atoms. The van der Waals surface area contributed by atoms with Crippen molar-refractivity contribution in [3.05, 3.63) is 68.2 Å². The third-order valence-corrected chi connectivity index (χ3v) is 5.05. The van der Waals surface area contributed by atoms with E-state index in [1.165, 1.54) is 37.9 Å². The van der Waals surface area contributed by atoms with Crippen molar-refractivity contribution in [1.29, 1.82) is 0 Å². The van der Waals surface area contributed by atoms with Crippen molar-refractivity contribution in [3.63, 3.8) is 0 Å². The molecule has 2 aromatic rings. The van der Waals surface area contributed by atoms with Gasteiger partial charge in [-0.05, 0) is 75.0 Å². The lowest BCUT2D eigenvalue weighted by atomic mass is 9.91. The minimum Gasteiger partial charge on any atom is -0.313 e. The minimum atomic E-state index is 0.335. The number of benzene rings is 2. The Labute approximate surface area is 136 Å². The second-order valence-corrected chi connectivity index (χ2v) is 6.79. The minimum absolute atomic E-state index is 0.335. The highest BCUT2D eigenvalue weighted by molar-refractivity contribution is 9.10. The van der Waals surface area contributed by atoms with Crippen molar-refractivity contribution in [3.8, 4) is 0 Å². The molecular weight excluding hydrogens is 322 g/mol. The number of hydrogen-bond acceptors (Lipinski definition) is 1. The van der Waals surface area contributed by atoms with Crippen LogP contribution >= 0.6 is 15.9 Å². The number of rotatable bonds is 4. The average molecular weight is 346 g/mol. The average Bonchev–Trinajstić information content (AvgIpc) is 2.41. The molecular formula is C19H24BrN. The molecule has 1 unspecified atom stereocenters. The van der Waals surface area contributed by atoms with Gasteiger partial charge in [0, 0.05) is 10.5 Å². The Kier molecular flexibility index (Phi) is 5.23. The van der Waals surface area contributed by atoms with Crippen molar-refractivity contribution >= 4 is 15.9 Å². The second kappa shape index (κ2) is 6.76. The van der Waals surface area contributed by atoms with Gasteiger partial charge in [0.05, 0.1) is 0 Å². The van der Waals surface area contributed by atoms with E-state index in [1.54, 1.807) is 0 Å². The molecule has 0 saturated carbocycles. The molecule has 0 heterocycles. The maximum atomic E-state index is 3.64. The van der Waals surface area contributed by atoms with E-state index < -0.39 is 0 Å². The van der Waals surface area contributed by atoms with Gasteiger partial charge in [-0.2, -0.15) is 0 Å². The number of aryl methyl sites for hydroxylation is 4. The Morgan fingerprint density at radius 3 is 2.10 bits per heavy atom. The van der Waals surface area contributed by atoms with Gasteiger partial charge in [0.2, 0.25) is 0 Å². The van der Waals surface area contributed by atoms with Gasteiger partial charge in [-0.15, -0.1) is 0 Å². The lowest BCUT2D eigenvalue weighted by Crippen LogP contribution is -2.20. The molecule has 0 aliphatic carbocycles. The molecule has 2 rings (SSSR count). The van der Waals surface area contributed by atoms with Gasteiger partial charge in [0.15, 0.2) is 0 Å². The first-order valence-corrected chi connectivity index (χ1v) is 8.21. The molecule has 0 aliphatic heterocycles. The third kappa shape index (κ3) is 3.75. The summed E-state index contributed by atoms with van der Waals surface area (Å²) in [5.74, 6) is 0. The molecule has 2 aromatic carbocycles. The van der Waals surface area contributed by atoms with Gasteiger partial charge in [-0.25, -0.2) is 0 Å². The van der Waals surface area contributed by atoms with Crippen LogP contribution in [0.15, 0.2) is 34.8 Å². The van der Waals surface area contributed by atoms with Crippen molar-refractivity contribution in [2.24, 2.45) is 0 Å². The fourth-order valence-electron chi connectivity index (χ4n) is 2.95. The fourth-order valence-corrected chi connectivity index (χ4v) is 3.34. The summed E-state index contributed by atoms with van der Waals surface area (Å²) >= 11 is 3.64. The van der Waals surface area contributed by atoms with Gasteiger partial charge in [-0.1, -0.05) is 45.8 Å². The predicted molar refractivity (Wildman–Crippen MR) is 95.0 cm³/mol. The highest BCUT2D eigenvalue weighted by Crippen LogP contribution is 2.27. The van der Waals surface area contributed by atoms with Crippen LogP contribution in [0, 0.1) is 27.7 Å². The van der Waals surface area contributed by atoms with Crippen LogP contribution in [-0.2, 0) is 6.42 Å². The van der Waals surface area contributed by atoms with Gasteiger partial charge in [0.1, 0.15) is 0 Å². The molecule has 0 radical (unpaired) electrons. The number of likely N-dealkylation sites (N-methyl/N-ethyl adjacent to an activating group) is 1. The van der Waals surface area contributed by atoms with E-state index in [-0.39, 0.29) is 0 Å². The van der Waals surface area contributed by atoms with Crippen LogP contribution < -0.4 is 5.32 Å². The number of nitrogens with one attached hydrogen (secondary N) is 1. The molecule has 0 spiro atoms. The zero-order valence-corrected chi connectivity index (χ0v) is 15.1. The van der Waals surface area contributed by atoms with Crippen LogP contribution in [0.3, 0.4) is 0 Å². The first-order chi connectivity index (χ1) is 9.92.